The maximum atomic E-state index is 10.7. The number of aromatic nitrogens is 2. The first-order chi connectivity index (χ1) is 9.22. The van der Waals surface area contributed by atoms with Gasteiger partial charge in [-0.1, -0.05) is 0 Å². The summed E-state index contributed by atoms with van der Waals surface area (Å²) in [6.07, 6.45) is 2.54. The normalized spacial score (nSPS) is 14.7. The van der Waals surface area contributed by atoms with Crippen molar-refractivity contribution in [3.05, 3.63) is 28.3 Å². The van der Waals surface area contributed by atoms with E-state index in [1.807, 2.05) is 0 Å². The van der Waals surface area contributed by atoms with Crippen LogP contribution >= 0.6 is 0 Å². The fraction of sp³-hybridized carbons (Fsp3) is 0.417. The summed E-state index contributed by atoms with van der Waals surface area (Å²) in [5, 5.41) is 17.2. The van der Waals surface area contributed by atoms with E-state index in [0.717, 1.165) is 18.6 Å². The lowest BCUT2D eigenvalue weighted by Crippen LogP contribution is -2.24. The molecular weight excluding hydrogens is 246 g/mol. The van der Waals surface area contributed by atoms with Gasteiger partial charge in [0.2, 0.25) is 5.95 Å². The van der Waals surface area contributed by atoms with Gasteiger partial charge in [-0.2, -0.15) is 0 Å². The van der Waals surface area contributed by atoms with E-state index >= 15 is 0 Å². The third-order valence-corrected chi connectivity index (χ3v) is 3.10. The van der Waals surface area contributed by atoms with E-state index in [1.54, 1.807) is 6.07 Å². The van der Waals surface area contributed by atoms with Crippen LogP contribution in [0.1, 0.15) is 12.8 Å². The van der Waals surface area contributed by atoms with Crippen LogP contribution in [0.5, 0.6) is 0 Å². The summed E-state index contributed by atoms with van der Waals surface area (Å²) in [7, 11) is 0. The molecule has 0 spiro atoms. The molecule has 7 heteroatoms. The largest absolute Gasteiger partial charge is 0.355 e. The van der Waals surface area contributed by atoms with Gasteiger partial charge >= 0.3 is 0 Å². The van der Waals surface area contributed by atoms with Crippen molar-refractivity contribution in [2.24, 2.45) is 0 Å². The maximum Gasteiger partial charge on any atom is 0.271 e. The smallest absolute Gasteiger partial charge is 0.271 e. The number of fused-ring (bicyclic) bond motifs is 1. The van der Waals surface area contributed by atoms with Crippen LogP contribution in [0.2, 0.25) is 0 Å². The van der Waals surface area contributed by atoms with Crippen LogP contribution in [-0.4, -0.2) is 34.0 Å². The summed E-state index contributed by atoms with van der Waals surface area (Å²) < 4.78 is 0. The van der Waals surface area contributed by atoms with E-state index in [1.165, 1.54) is 25.0 Å². The average molecular weight is 261 g/mol. The Kier molecular flexibility index (Phi) is 3.04. The van der Waals surface area contributed by atoms with Crippen molar-refractivity contribution < 1.29 is 4.92 Å². The van der Waals surface area contributed by atoms with Crippen molar-refractivity contribution in [3.8, 4) is 0 Å². The number of nitro groups is 1. The Morgan fingerprint density at radius 3 is 3.00 bits per heavy atom. The second-order valence-electron chi connectivity index (χ2n) is 4.70. The number of nitro benzene ring substituents is 1. The van der Waals surface area contributed by atoms with E-state index in [0.29, 0.717) is 17.5 Å². The Morgan fingerprint density at radius 2 is 2.26 bits per heavy atom. The second kappa shape index (κ2) is 4.85. The Labute approximate surface area is 109 Å². The molecule has 19 heavy (non-hydrogen) atoms. The predicted molar refractivity (Wildman–Crippen MR) is 72.3 cm³/mol. The van der Waals surface area contributed by atoms with Crippen LogP contribution in [0.15, 0.2) is 18.2 Å². The monoisotopic (exact) mass is 261 g/mol. The zero-order valence-corrected chi connectivity index (χ0v) is 10.3. The highest BCUT2D eigenvalue weighted by Crippen LogP contribution is 2.20. The minimum absolute atomic E-state index is 0.0677. The number of aromatic amines is 1. The number of hydrogen-bond donors (Lipinski definition) is 3. The van der Waals surface area contributed by atoms with Crippen LogP contribution in [0, 0.1) is 10.1 Å². The first-order valence-corrected chi connectivity index (χ1v) is 6.34. The molecule has 0 amide bonds. The fourth-order valence-electron chi connectivity index (χ4n) is 1.94. The van der Waals surface area contributed by atoms with Gasteiger partial charge in [-0.25, -0.2) is 4.98 Å². The van der Waals surface area contributed by atoms with E-state index in [9.17, 15) is 10.1 Å². The number of non-ortho nitro benzene ring substituents is 1. The zero-order valence-electron chi connectivity index (χ0n) is 10.3. The molecule has 1 heterocycles. The topological polar surface area (TPSA) is 95.9 Å². The van der Waals surface area contributed by atoms with Gasteiger partial charge in [0.05, 0.1) is 16.0 Å². The summed E-state index contributed by atoms with van der Waals surface area (Å²) >= 11 is 0. The van der Waals surface area contributed by atoms with E-state index < -0.39 is 4.92 Å². The molecule has 1 aromatic carbocycles. The lowest BCUT2D eigenvalue weighted by atomic mass is 10.3. The predicted octanol–water partition coefficient (Wildman–Crippen LogP) is 1.63. The van der Waals surface area contributed by atoms with Gasteiger partial charge < -0.3 is 15.6 Å². The lowest BCUT2D eigenvalue weighted by Gasteiger charge is -2.03. The molecule has 0 aliphatic heterocycles. The number of hydrogen-bond acceptors (Lipinski definition) is 5. The highest BCUT2D eigenvalue weighted by molar-refractivity contribution is 5.79. The molecule has 1 aromatic heterocycles. The van der Waals surface area contributed by atoms with E-state index in [4.69, 9.17) is 0 Å². The van der Waals surface area contributed by atoms with Crippen molar-refractivity contribution in [1.82, 2.24) is 15.3 Å². The highest BCUT2D eigenvalue weighted by Gasteiger charge is 2.19. The highest BCUT2D eigenvalue weighted by atomic mass is 16.6. The van der Waals surface area contributed by atoms with Crippen LogP contribution in [0.3, 0.4) is 0 Å². The molecule has 0 unspecified atom stereocenters. The first kappa shape index (κ1) is 11.9. The molecule has 2 aromatic rings. The summed E-state index contributed by atoms with van der Waals surface area (Å²) in [6, 6.07) is 5.30. The third-order valence-electron chi connectivity index (χ3n) is 3.10. The standard InChI is InChI=1S/C12H15N5O2/c18-17(19)9-3-4-10-11(7-9)16-12(15-10)14-6-5-13-8-1-2-8/h3-4,7-8,13H,1-2,5-6H2,(H2,14,15,16). The molecule has 1 fully saturated rings. The average Bonchev–Trinajstić information content (AvgIpc) is 3.12. The molecule has 0 saturated heterocycles. The van der Waals surface area contributed by atoms with Crippen molar-refractivity contribution in [1.29, 1.82) is 0 Å². The second-order valence-corrected chi connectivity index (χ2v) is 4.70. The summed E-state index contributed by atoms with van der Waals surface area (Å²) in [5.41, 5.74) is 1.47. The molecule has 7 nitrogen and oxygen atoms in total. The molecule has 3 N–H and O–H groups in total. The SMILES string of the molecule is O=[N+]([O-])c1ccc2nc(NCCNC3CC3)[nH]c2c1. The first-order valence-electron chi connectivity index (χ1n) is 6.34. The van der Waals surface area contributed by atoms with Gasteiger partial charge in [0.25, 0.3) is 5.69 Å². The Morgan fingerprint density at radius 1 is 1.42 bits per heavy atom. The quantitative estimate of drug-likeness (QED) is 0.417. The van der Waals surface area contributed by atoms with E-state index in [2.05, 4.69) is 20.6 Å². The van der Waals surface area contributed by atoms with Crippen molar-refractivity contribution in [2.75, 3.05) is 18.4 Å². The molecule has 0 atom stereocenters. The third kappa shape index (κ3) is 2.82. The fourth-order valence-corrected chi connectivity index (χ4v) is 1.94. The van der Waals surface area contributed by atoms with Gasteiger partial charge in [0.1, 0.15) is 0 Å². The van der Waals surface area contributed by atoms with Crippen LogP contribution in [0.25, 0.3) is 11.0 Å². The number of benzene rings is 1. The summed E-state index contributed by atoms with van der Waals surface area (Å²) in [6.45, 7) is 1.67. The molecule has 100 valence electrons. The van der Waals surface area contributed by atoms with Crippen LogP contribution < -0.4 is 10.6 Å². The summed E-state index contributed by atoms with van der Waals surface area (Å²) in [4.78, 5) is 17.6. The van der Waals surface area contributed by atoms with Crippen LogP contribution in [0.4, 0.5) is 11.6 Å². The Bertz CT molecular complexity index is 605. The molecule has 1 aliphatic carbocycles. The summed E-state index contributed by atoms with van der Waals surface area (Å²) in [5.74, 6) is 0.646. The van der Waals surface area contributed by atoms with Crippen LogP contribution in [-0.2, 0) is 0 Å². The van der Waals surface area contributed by atoms with Crippen molar-refractivity contribution in [3.63, 3.8) is 0 Å². The van der Waals surface area contributed by atoms with Gasteiger partial charge in [0.15, 0.2) is 0 Å². The molecule has 3 rings (SSSR count). The van der Waals surface area contributed by atoms with E-state index in [-0.39, 0.29) is 5.69 Å². The number of anilines is 1. The van der Waals surface area contributed by atoms with Crippen molar-refractivity contribution >= 4 is 22.7 Å². The lowest BCUT2D eigenvalue weighted by molar-refractivity contribution is -0.384. The number of imidazole rings is 1. The van der Waals surface area contributed by atoms with Gasteiger partial charge in [-0.3, -0.25) is 10.1 Å². The van der Waals surface area contributed by atoms with Crippen molar-refractivity contribution in [2.45, 2.75) is 18.9 Å². The van der Waals surface area contributed by atoms with Gasteiger partial charge in [-0.05, 0) is 18.9 Å². The van der Waals surface area contributed by atoms with Gasteiger partial charge in [0, 0.05) is 31.3 Å². The number of H-pyrrole nitrogens is 1. The number of nitrogens with zero attached hydrogens (tertiary/aromatic N) is 2. The molecule has 0 bridgehead atoms. The number of rotatable bonds is 6. The minimum atomic E-state index is -0.410. The molecule has 1 saturated carbocycles. The number of nitrogens with one attached hydrogen (secondary N) is 3. The zero-order chi connectivity index (χ0) is 13.2. The Balaban J connectivity index is 1.64. The molecule has 0 radical (unpaired) electrons. The molecular formula is C12H15N5O2. The molecule has 1 aliphatic rings. The maximum absolute atomic E-state index is 10.7. The minimum Gasteiger partial charge on any atom is -0.355 e. The Hall–Kier alpha value is -2.15. The van der Waals surface area contributed by atoms with Gasteiger partial charge in [-0.15, -0.1) is 0 Å².